The Hall–Kier alpha value is -1.44. The molecule has 1 aliphatic rings. The lowest BCUT2D eigenvalue weighted by Gasteiger charge is -2.37. The molecule has 1 heterocycles. The summed E-state index contributed by atoms with van der Waals surface area (Å²) in [5.41, 5.74) is 1.32. The molecule has 1 fully saturated rings. The van der Waals surface area contributed by atoms with Crippen LogP contribution in [0.4, 0.5) is 4.79 Å². The monoisotopic (exact) mass is 368 g/mol. The number of aryl methyl sites for hydroxylation is 1. The number of rotatable bonds is 4. The molecular formula is C18H26NO5S-. The summed E-state index contributed by atoms with van der Waals surface area (Å²) < 4.78 is 33.0. The van der Waals surface area contributed by atoms with Crippen LogP contribution in [-0.2, 0) is 20.3 Å². The van der Waals surface area contributed by atoms with Gasteiger partial charge < -0.3 is 14.2 Å². The van der Waals surface area contributed by atoms with Crippen LogP contribution in [-0.4, -0.2) is 38.4 Å². The van der Waals surface area contributed by atoms with Crippen molar-refractivity contribution in [3.8, 4) is 0 Å². The fourth-order valence-electron chi connectivity index (χ4n) is 3.00. The van der Waals surface area contributed by atoms with Crippen molar-refractivity contribution < 1.29 is 22.5 Å². The van der Waals surface area contributed by atoms with Crippen LogP contribution >= 0.6 is 0 Å². The van der Waals surface area contributed by atoms with Crippen molar-refractivity contribution >= 4 is 17.5 Å². The predicted octanol–water partition coefficient (Wildman–Crippen LogP) is 3.49. The van der Waals surface area contributed by atoms with E-state index in [1.54, 1.807) is 4.90 Å². The smallest absolute Gasteiger partial charge is 0.410 e. The number of likely N-dealkylation sites (tertiary alicyclic amines) is 1. The van der Waals surface area contributed by atoms with Crippen molar-refractivity contribution in [2.24, 2.45) is 5.92 Å². The molecule has 0 aromatic heterocycles. The first kappa shape index (κ1) is 19.9. The largest absolute Gasteiger partial charge is 0.750 e. The molecule has 0 N–H and O–H groups in total. The molecule has 1 aromatic carbocycles. The van der Waals surface area contributed by atoms with Gasteiger partial charge in [-0.1, -0.05) is 29.8 Å². The number of ether oxygens (including phenoxy) is 1. The second kappa shape index (κ2) is 8.29. The van der Waals surface area contributed by atoms with Gasteiger partial charge in [-0.15, -0.1) is 0 Å². The number of amides is 1. The first-order valence-corrected chi connectivity index (χ1v) is 9.46. The number of carbonyl (C=O) groups is 1. The van der Waals surface area contributed by atoms with Crippen molar-refractivity contribution in [2.75, 3.05) is 13.1 Å². The summed E-state index contributed by atoms with van der Waals surface area (Å²) in [6, 6.07) is 7.60. The summed E-state index contributed by atoms with van der Waals surface area (Å²) in [5, 5.41) is 0. The second-order valence-electron chi connectivity index (χ2n) is 7.46. The van der Waals surface area contributed by atoms with Crippen molar-refractivity contribution in [1.29, 1.82) is 0 Å². The molecule has 3 unspecified atom stereocenters. The Morgan fingerprint density at radius 1 is 1.32 bits per heavy atom. The van der Waals surface area contributed by atoms with Crippen molar-refractivity contribution in [2.45, 2.75) is 52.2 Å². The number of carbonyl (C=O) groups excluding carboxylic acids is 1. The van der Waals surface area contributed by atoms with Gasteiger partial charge in [0.25, 0.3) is 0 Å². The topological polar surface area (TPSA) is 78.9 Å². The molecule has 6 nitrogen and oxygen atoms in total. The van der Waals surface area contributed by atoms with Gasteiger partial charge in [-0.3, -0.25) is 4.18 Å². The van der Waals surface area contributed by atoms with Crippen LogP contribution in [0, 0.1) is 12.8 Å². The lowest BCUT2D eigenvalue weighted by atomic mass is 9.88. The van der Waals surface area contributed by atoms with Crippen LogP contribution in [0.2, 0.25) is 0 Å². The lowest BCUT2D eigenvalue weighted by Crippen LogP contribution is -2.44. The van der Waals surface area contributed by atoms with Crippen LogP contribution in [0.5, 0.6) is 0 Å². The summed E-state index contributed by atoms with van der Waals surface area (Å²) in [6.07, 6.45) is 0.586. The maximum absolute atomic E-state index is 12.3. The van der Waals surface area contributed by atoms with E-state index >= 15 is 0 Å². The fourth-order valence-corrected chi connectivity index (χ4v) is 3.43. The molecule has 1 aromatic rings. The zero-order valence-corrected chi connectivity index (χ0v) is 16.0. The minimum absolute atomic E-state index is 0.109. The zero-order chi connectivity index (χ0) is 18.6. The van der Waals surface area contributed by atoms with E-state index in [2.05, 4.69) is 0 Å². The van der Waals surface area contributed by atoms with E-state index in [9.17, 15) is 13.6 Å². The van der Waals surface area contributed by atoms with Crippen molar-refractivity contribution in [3.05, 3.63) is 35.4 Å². The van der Waals surface area contributed by atoms with Gasteiger partial charge >= 0.3 is 6.09 Å². The van der Waals surface area contributed by atoms with E-state index in [0.29, 0.717) is 13.1 Å². The maximum Gasteiger partial charge on any atom is 0.410 e. The van der Waals surface area contributed by atoms with E-state index in [1.807, 2.05) is 52.0 Å². The van der Waals surface area contributed by atoms with Crippen LogP contribution in [0.15, 0.2) is 24.3 Å². The third-order valence-corrected chi connectivity index (χ3v) is 4.49. The number of nitrogens with zero attached hydrogens (tertiary/aromatic N) is 1. The van der Waals surface area contributed by atoms with Gasteiger partial charge in [0.15, 0.2) is 0 Å². The van der Waals surface area contributed by atoms with E-state index in [1.165, 1.54) is 0 Å². The van der Waals surface area contributed by atoms with Gasteiger partial charge in [-0.05, 0) is 46.1 Å². The van der Waals surface area contributed by atoms with E-state index < -0.39 is 23.1 Å². The van der Waals surface area contributed by atoms with E-state index in [4.69, 9.17) is 8.92 Å². The highest BCUT2D eigenvalue weighted by molar-refractivity contribution is 7.74. The number of hydrogen-bond acceptors (Lipinski definition) is 5. The average molecular weight is 368 g/mol. The molecule has 3 atom stereocenters. The predicted molar refractivity (Wildman–Crippen MR) is 94.5 cm³/mol. The quantitative estimate of drug-likeness (QED) is 0.760. The zero-order valence-electron chi connectivity index (χ0n) is 15.2. The molecule has 2 rings (SSSR count). The van der Waals surface area contributed by atoms with Crippen LogP contribution in [0.3, 0.4) is 0 Å². The molecule has 25 heavy (non-hydrogen) atoms. The van der Waals surface area contributed by atoms with Gasteiger partial charge in [0.1, 0.15) is 11.7 Å². The average Bonchev–Trinajstić information content (AvgIpc) is 2.52. The Kier molecular flexibility index (Phi) is 6.59. The summed E-state index contributed by atoms with van der Waals surface area (Å²) in [4.78, 5) is 14.0. The lowest BCUT2D eigenvalue weighted by molar-refractivity contribution is 0.00643. The Morgan fingerprint density at radius 3 is 2.52 bits per heavy atom. The molecule has 0 radical (unpaired) electrons. The first-order chi connectivity index (χ1) is 11.7. The highest BCUT2D eigenvalue weighted by Crippen LogP contribution is 2.34. The Bertz CT molecular complexity index is 611. The van der Waals surface area contributed by atoms with Gasteiger partial charge in [0.2, 0.25) is 0 Å². The van der Waals surface area contributed by atoms with E-state index in [0.717, 1.165) is 24.0 Å². The van der Waals surface area contributed by atoms with E-state index in [-0.39, 0.29) is 12.0 Å². The van der Waals surface area contributed by atoms with Gasteiger partial charge in [0.05, 0.1) is 11.4 Å². The number of piperidine rings is 1. The normalized spacial score (nSPS) is 20.8. The minimum Gasteiger partial charge on any atom is -0.750 e. The standard InChI is InChI=1S/C18H27NO5S/c1-13-7-9-14(10-8-13)16(24-25(21)22)15-6-5-11-19(12-15)17(20)23-18(2,3)4/h7-10,15-16H,5-6,11-12H2,1-4H3,(H,21,22)/p-1. The number of hydrogen-bond donors (Lipinski definition) is 0. The summed E-state index contributed by atoms with van der Waals surface area (Å²) in [5.74, 6) is -0.109. The summed E-state index contributed by atoms with van der Waals surface area (Å²) >= 11 is -2.63. The van der Waals surface area contributed by atoms with Gasteiger partial charge in [0, 0.05) is 19.0 Å². The second-order valence-corrected chi connectivity index (χ2v) is 8.06. The molecule has 1 saturated heterocycles. The van der Waals surface area contributed by atoms with Gasteiger partial charge in [-0.25, -0.2) is 9.00 Å². The summed E-state index contributed by atoms with van der Waals surface area (Å²) in [7, 11) is 0. The Morgan fingerprint density at radius 2 is 1.96 bits per heavy atom. The molecule has 0 saturated carbocycles. The first-order valence-electron chi connectivity index (χ1n) is 8.46. The maximum atomic E-state index is 12.3. The molecule has 0 bridgehead atoms. The molecule has 7 heteroatoms. The third-order valence-electron chi connectivity index (χ3n) is 4.13. The van der Waals surface area contributed by atoms with Crippen LogP contribution < -0.4 is 0 Å². The fraction of sp³-hybridized carbons (Fsp3) is 0.611. The third kappa shape index (κ3) is 6.09. The Labute approximate surface area is 152 Å². The molecular weight excluding hydrogens is 342 g/mol. The molecule has 0 spiro atoms. The number of benzene rings is 1. The van der Waals surface area contributed by atoms with Crippen LogP contribution in [0.1, 0.15) is 50.8 Å². The highest BCUT2D eigenvalue weighted by Gasteiger charge is 2.33. The summed E-state index contributed by atoms with van der Waals surface area (Å²) in [6.45, 7) is 8.45. The van der Waals surface area contributed by atoms with Gasteiger partial charge in [-0.2, -0.15) is 0 Å². The van der Waals surface area contributed by atoms with Crippen molar-refractivity contribution in [1.82, 2.24) is 4.90 Å². The molecule has 0 aliphatic carbocycles. The Balaban J connectivity index is 2.15. The molecule has 1 amide bonds. The molecule has 140 valence electrons. The SMILES string of the molecule is Cc1ccc(C(OS(=O)[O-])C2CCCN(C(=O)OC(C)(C)C)C2)cc1. The van der Waals surface area contributed by atoms with Crippen LogP contribution in [0.25, 0.3) is 0 Å². The molecule has 1 aliphatic heterocycles. The minimum atomic E-state index is -2.63. The highest BCUT2D eigenvalue weighted by atomic mass is 32.2. The van der Waals surface area contributed by atoms with Crippen molar-refractivity contribution in [3.63, 3.8) is 0 Å².